The van der Waals surface area contributed by atoms with Crippen LogP contribution in [0.4, 0.5) is 0 Å². The normalized spacial score (nSPS) is 27.6. The van der Waals surface area contributed by atoms with Crippen molar-refractivity contribution in [1.82, 2.24) is 5.32 Å². The first-order valence-electron chi connectivity index (χ1n) is 7.08. The molecule has 1 aliphatic heterocycles. The molecular formula is C15H33N. The molecule has 1 saturated heterocycles. The van der Waals surface area contributed by atoms with Gasteiger partial charge in [-0.05, 0) is 30.1 Å². The summed E-state index contributed by atoms with van der Waals surface area (Å²) >= 11 is 0. The van der Waals surface area contributed by atoms with E-state index >= 15 is 0 Å². The summed E-state index contributed by atoms with van der Waals surface area (Å²) in [6, 6.07) is 0.747. The summed E-state index contributed by atoms with van der Waals surface area (Å²) in [5.74, 6) is 0. The molecule has 0 radical (unpaired) electrons. The van der Waals surface area contributed by atoms with Crippen LogP contribution in [0.2, 0.25) is 0 Å². The molecule has 1 N–H and O–H groups in total. The first-order chi connectivity index (χ1) is 7.35. The van der Waals surface area contributed by atoms with Gasteiger partial charge in [0.25, 0.3) is 0 Å². The molecule has 0 aliphatic carbocycles. The van der Waals surface area contributed by atoms with Crippen molar-refractivity contribution in [3.8, 4) is 0 Å². The Morgan fingerprint density at radius 3 is 2.12 bits per heavy atom. The highest BCUT2D eigenvalue weighted by atomic mass is 14.9. The third kappa shape index (κ3) is 5.89. The van der Waals surface area contributed by atoms with Crippen LogP contribution in [-0.2, 0) is 0 Å². The van der Waals surface area contributed by atoms with Gasteiger partial charge in [0.1, 0.15) is 0 Å². The van der Waals surface area contributed by atoms with Gasteiger partial charge in [-0.1, -0.05) is 54.9 Å². The quantitative estimate of drug-likeness (QED) is 0.726. The lowest BCUT2D eigenvalue weighted by Gasteiger charge is -2.31. The SMILES string of the molecule is CC.CCCC1CC(C)(C)CC(C)(C)CN1. The van der Waals surface area contributed by atoms with Crippen LogP contribution in [0.25, 0.3) is 0 Å². The van der Waals surface area contributed by atoms with E-state index in [0.717, 1.165) is 6.04 Å². The summed E-state index contributed by atoms with van der Waals surface area (Å²) in [5, 5.41) is 3.73. The summed E-state index contributed by atoms with van der Waals surface area (Å²) in [6.45, 7) is 17.1. The van der Waals surface area contributed by atoms with Crippen LogP contribution in [-0.4, -0.2) is 12.6 Å². The minimum Gasteiger partial charge on any atom is -0.313 e. The summed E-state index contributed by atoms with van der Waals surface area (Å²) < 4.78 is 0. The zero-order valence-corrected chi connectivity index (χ0v) is 12.6. The van der Waals surface area contributed by atoms with Gasteiger partial charge in [-0.25, -0.2) is 0 Å². The topological polar surface area (TPSA) is 12.0 Å². The minimum absolute atomic E-state index is 0.464. The summed E-state index contributed by atoms with van der Waals surface area (Å²) in [4.78, 5) is 0. The van der Waals surface area contributed by atoms with Crippen molar-refractivity contribution in [2.75, 3.05) is 6.54 Å². The molecule has 0 aromatic carbocycles. The Labute approximate surface area is 103 Å². The van der Waals surface area contributed by atoms with Crippen molar-refractivity contribution in [2.24, 2.45) is 10.8 Å². The highest BCUT2D eigenvalue weighted by Gasteiger charge is 2.34. The molecular weight excluding hydrogens is 194 g/mol. The largest absolute Gasteiger partial charge is 0.313 e. The van der Waals surface area contributed by atoms with Gasteiger partial charge in [0, 0.05) is 12.6 Å². The number of hydrogen-bond donors (Lipinski definition) is 1. The molecule has 98 valence electrons. The maximum Gasteiger partial charge on any atom is 0.00722 e. The van der Waals surface area contributed by atoms with Crippen molar-refractivity contribution in [2.45, 2.75) is 80.2 Å². The summed E-state index contributed by atoms with van der Waals surface area (Å²) in [7, 11) is 0. The van der Waals surface area contributed by atoms with Crippen LogP contribution >= 0.6 is 0 Å². The fourth-order valence-corrected chi connectivity index (χ4v) is 3.14. The molecule has 1 heterocycles. The molecule has 1 unspecified atom stereocenters. The number of nitrogens with one attached hydrogen (secondary N) is 1. The highest BCUT2D eigenvalue weighted by molar-refractivity contribution is 4.89. The second-order valence-corrected chi connectivity index (χ2v) is 6.58. The van der Waals surface area contributed by atoms with Crippen molar-refractivity contribution < 1.29 is 0 Å². The second kappa shape index (κ2) is 6.64. The van der Waals surface area contributed by atoms with E-state index in [0.29, 0.717) is 10.8 Å². The zero-order valence-electron chi connectivity index (χ0n) is 12.6. The van der Waals surface area contributed by atoms with Crippen LogP contribution in [0.1, 0.15) is 74.1 Å². The fraction of sp³-hybridized carbons (Fsp3) is 1.00. The van der Waals surface area contributed by atoms with E-state index in [9.17, 15) is 0 Å². The minimum atomic E-state index is 0.464. The standard InChI is InChI=1S/C13H27N.C2H6/c1-6-7-11-8-12(2,3)9-13(4,5)10-14-11;1-2/h11,14H,6-10H2,1-5H3;1-2H3. The van der Waals surface area contributed by atoms with Crippen molar-refractivity contribution in [3.63, 3.8) is 0 Å². The van der Waals surface area contributed by atoms with Crippen molar-refractivity contribution >= 4 is 0 Å². The van der Waals surface area contributed by atoms with Crippen molar-refractivity contribution in [1.29, 1.82) is 0 Å². The van der Waals surface area contributed by atoms with E-state index in [1.807, 2.05) is 13.8 Å². The Morgan fingerprint density at radius 2 is 1.62 bits per heavy atom. The number of rotatable bonds is 2. The van der Waals surface area contributed by atoms with Crippen LogP contribution in [0.5, 0.6) is 0 Å². The highest BCUT2D eigenvalue weighted by Crippen LogP contribution is 2.39. The van der Waals surface area contributed by atoms with Gasteiger partial charge >= 0.3 is 0 Å². The molecule has 1 fully saturated rings. The smallest absolute Gasteiger partial charge is 0.00722 e. The summed E-state index contributed by atoms with van der Waals surface area (Å²) in [5.41, 5.74) is 0.971. The Hall–Kier alpha value is -0.0400. The van der Waals surface area contributed by atoms with E-state index in [2.05, 4.69) is 39.9 Å². The van der Waals surface area contributed by atoms with Gasteiger partial charge in [-0.2, -0.15) is 0 Å². The van der Waals surface area contributed by atoms with E-state index < -0.39 is 0 Å². The van der Waals surface area contributed by atoms with Crippen molar-refractivity contribution in [3.05, 3.63) is 0 Å². The van der Waals surface area contributed by atoms with Gasteiger partial charge < -0.3 is 5.32 Å². The molecule has 0 amide bonds. The molecule has 1 atom stereocenters. The Balaban J connectivity index is 0.00000106. The van der Waals surface area contributed by atoms with E-state index in [1.165, 1.54) is 32.2 Å². The molecule has 1 heteroatoms. The molecule has 1 nitrogen and oxygen atoms in total. The second-order valence-electron chi connectivity index (χ2n) is 6.58. The lowest BCUT2D eigenvalue weighted by molar-refractivity contribution is 0.208. The first-order valence-corrected chi connectivity index (χ1v) is 7.08. The van der Waals surface area contributed by atoms with Crippen LogP contribution in [0.15, 0.2) is 0 Å². The molecule has 0 spiro atoms. The lowest BCUT2D eigenvalue weighted by Crippen LogP contribution is -2.33. The van der Waals surface area contributed by atoms with E-state index in [4.69, 9.17) is 0 Å². The molecule has 16 heavy (non-hydrogen) atoms. The van der Waals surface area contributed by atoms with Gasteiger partial charge in [0.2, 0.25) is 0 Å². The number of hydrogen-bond acceptors (Lipinski definition) is 1. The Morgan fingerprint density at radius 1 is 1.06 bits per heavy atom. The fourth-order valence-electron chi connectivity index (χ4n) is 3.14. The Bertz CT molecular complexity index is 182. The van der Waals surface area contributed by atoms with Crippen LogP contribution < -0.4 is 5.32 Å². The van der Waals surface area contributed by atoms with Crippen LogP contribution in [0, 0.1) is 10.8 Å². The maximum absolute atomic E-state index is 3.73. The molecule has 0 bridgehead atoms. The molecule has 0 aromatic rings. The third-order valence-electron chi connectivity index (χ3n) is 3.26. The van der Waals surface area contributed by atoms with Crippen LogP contribution in [0.3, 0.4) is 0 Å². The molecule has 0 aromatic heterocycles. The summed E-state index contributed by atoms with van der Waals surface area (Å²) in [6.07, 6.45) is 5.31. The maximum atomic E-state index is 3.73. The van der Waals surface area contributed by atoms with Gasteiger partial charge in [0.15, 0.2) is 0 Å². The predicted molar refractivity (Wildman–Crippen MR) is 74.8 cm³/mol. The molecule has 0 saturated carbocycles. The third-order valence-corrected chi connectivity index (χ3v) is 3.26. The average molecular weight is 227 g/mol. The first kappa shape index (κ1) is 16.0. The van der Waals surface area contributed by atoms with Gasteiger partial charge in [-0.15, -0.1) is 0 Å². The van der Waals surface area contributed by atoms with Gasteiger partial charge in [-0.3, -0.25) is 0 Å². The molecule has 1 aliphatic rings. The molecule has 1 rings (SSSR count). The van der Waals surface area contributed by atoms with E-state index in [1.54, 1.807) is 0 Å². The Kier molecular flexibility index (Phi) is 6.62. The lowest BCUT2D eigenvalue weighted by atomic mass is 9.73. The zero-order chi connectivity index (χ0) is 12.8. The monoisotopic (exact) mass is 227 g/mol. The average Bonchev–Trinajstić information content (AvgIpc) is 2.25. The van der Waals surface area contributed by atoms with E-state index in [-0.39, 0.29) is 0 Å². The predicted octanol–water partition coefficient (Wildman–Crippen LogP) is 4.62. The van der Waals surface area contributed by atoms with Gasteiger partial charge in [0.05, 0.1) is 0 Å².